The molecule has 0 aliphatic rings. The molecular weight excluding hydrogens is 235 g/mol. The normalized spacial score (nSPS) is 11.5. The molecule has 0 aliphatic heterocycles. The highest BCUT2D eigenvalue weighted by Gasteiger charge is 2.40. The molecule has 0 bridgehead atoms. The molecule has 0 spiro atoms. The predicted molar refractivity (Wildman–Crippen MR) is 47.8 cm³/mol. The van der Waals surface area contributed by atoms with Gasteiger partial charge < -0.3 is 0 Å². The number of halogens is 4. The molecule has 0 unspecified atom stereocenters. The average molecular weight is 240 g/mol. The van der Waals surface area contributed by atoms with E-state index in [9.17, 15) is 23.3 Å². The van der Waals surface area contributed by atoms with Crippen LogP contribution >= 0.6 is 11.6 Å². The van der Waals surface area contributed by atoms with E-state index in [0.717, 1.165) is 12.1 Å². The van der Waals surface area contributed by atoms with Crippen LogP contribution in [0.2, 0.25) is 5.02 Å². The lowest BCUT2D eigenvalue weighted by Crippen LogP contribution is -2.10. The van der Waals surface area contributed by atoms with Gasteiger partial charge in [-0.2, -0.15) is 13.2 Å². The van der Waals surface area contributed by atoms with Crippen LogP contribution in [0.1, 0.15) is 11.1 Å². The topological polar surface area (TPSA) is 43.1 Å². The van der Waals surface area contributed by atoms with E-state index in [0.29, 0.717) is 5.56 Å². The second-order valence-electron chi connectivity index (χ2n) is 2.90. The third-order valence-electron chi connectivity index (χ3n) is 1.69. The number of benzene rings is 1. The van der Waals surface area contributed by atoms with Crippen molar-refractivity contribution in [3.05, 3.63) is 38.4 Å². The Labute approximate surface area is 87.6 Å². The number of nitro benzene ring substituents is 1. The smallest absolute Gasteiger partial charge is 0.258 e. The summed E-state index contributed by atoms with van der Waals surface area (Å²) in [5.74, 6) is 0. The van der Waals surface area contributed by atoms with Crippen molar-refractivity contribution in [2.45, 2.75) is 13.1 Å². The number of alkyl halides is 3. The maximum atomic E-state index is 12.4. The van der Waals surface area contributed by atoms with Crippen LogP contribution in [0.3, 0.4) is 0 Å². The first-order chi connectivity index (χ1) is 6.73. The first-order valence-electron chi connectivity index (χ1n) is 3.75. The highest BCUT2D eigenvalue weighted by Crippen LogP contribution is 2.41. The van der Waals surface area contributed by atoms with Gasteiger partial charge in [0.2, 0.25) is 0 Å². The van der Waals surface area contributed by atoms with Crippen molar-refractivity contribution in [2.75, 3.05) is 0 Å². The third-order valence-corrected chi connectivity index (χ3v) is 1.99. The van der Waals surface area contributed by atoms with Crippen LogP contribution in [0.15, 0.2) is 12.1 Å². The summed E-state index contributed by atoms with van der Waals surface area (Å²) in [5, 5.41) is 9.76. The summed E-state index contributed by atoms with van der Waals surface area (Å²) in [4.78, 5) is 9.32. The number of hydrogen-bond donors (Lipinski definition) is 0. The van der Waals surface area contributed by atoms with Gasteiger partial charge in [-0.15, -0.1) is 0 Å². The molecule has 0 radical (unpaired) electrons. The van der Waals surface area contributed by atoms with Crippen molar-refractivity contribution in [2.24, 2.45) is 0 Å². The molecule has 3 nitrogen and oxygen atoms in total. The van der Waals surface area contributed by atoms with Gasteiger partial charge in [0.1, 0.15) is 0 Å². The molecule has 0 atom stereocenters. The molecule has 1 rings (SSSR count). The molecule has 1 aromatic rings. The van der Waals surface area contributed by atoms with Crippen molar-refractivity contribution in [1.29, 1.82) is 0 Å². The Bertz CT molecular complexity index is 417. The molecule has 1 aromatic carbocycles. The second kappa shape index (κ2) is 3.69. The van der Waals surface area contributed by atoms with Crippen molar-refractivity contribution in [3.8, 4) is 0 Å². The Hall–Kier alpha value is -1.30. The van der Waals surface area contributed by atoms with E-state index in [4.69, 9.17) is 11.6 Å². The van der Waals surface area contributed by atoms with E-state index >= 15 is 0 Å². The van der Waals surface area contributed by atoms with E-state index in [1.54, 1.807) is 0 Å². The summed E-state index contributed by atoms with van der Waals surface area (Å²) in [7, 11) is 0. The van der Waals surface area contributed by atoms with Crippen LogP contribution in [-0.4, -0.2) is 4.92 Å². The molecule has 0 N–H and O–H groups in total. The molecule has 0 saturated carbocycles. The van der Waals surface area contributed by atoms with Crippen LogP contribution < -0.4 is 0 Å². The van der Waals surface area contributed by atoms with Gasteiger partial charge in [-0.25, -0.2) is 0 Å². The van der Waals surface area contributed by atoms with Crippen LogP contribution in [0, 0.1) is 17.0 Å². The minimum absolute atomic E-state index is 0.305. The lowest BCUT2D eigenvalue weighted by molar-refractivity contribution is -0.388. The highest BCUT2D eigenvalue weighted by molar-refractivity contribution is 6.31. The summed E-state index contributed by atoms with van der Waals surface area (Å²) >= 11 is 5.34. The van der Waals surface area contributed by atoms with E-state index in [1.165, 1.54) is 6.92 Å². The maximum Gasteiger partial charge on any atom is 0.424 e. The fourth-order valence-electron chi connectivity index (χ4n) is 1.15. The Balaban J connectivity index is 3.55. The molecular formula is C8H5ClF3NO2. The minimum atomic E-state index is -4.83. The van der Waals surface area contributed by atoms with Gasteiger partial charge in [0.05, 0.1) is 9.95 Å². The van der Waals surface area contributed by atoms with Crippen molar-refractivity contribution in [1.82, 2.24) is 0 Å². The van der Waals surface area contributed by atoms with E-state index in [2.05, 4.69) is 0 Å². The third kappa shape index (κ3) is 2.38. The number of nitro groups is 1. The van der Waals surface area contributed by atoms with Gasteiger partial charge in [-0.05, 0) is 18.6 Å². The molecule has 82 valence electrons. The molecule has 0 aromatic heterocycles. The van der Waals surface area contributed by atoms with Crippen LogP contribution in [-0.2, 0) is 6.18 Å². The number of hydrogen-bond acceptors (Lipinski definition) is 2. The van der Waals surface area contributed by atoms with Gasteiger partial charge in [-0.3, -0.25) is 10.1 Å². The Kier molecular flexibility index (Phi) is 2.90. The Morgan fingerprint density at radius 3 is 2.33 bits per heavy atom. The predicted octanol–water partition coefficient (Wildman–Crippen LogP) is 3.58. The lowest BCUT2D eigenvalue weighted by atomic mass is 10.1. The van der Waals surface area contributed by atoms with Gasteiger partial charge in [-0.1, -0.05) is 11.6 Å². The summed E-state index contributed by atoms with van der Waals surface area (Å²) < 4.78 is 37.2. The monoisotopic (exact) mass is 239 g/mol. The largest absolute Gasteiger partial charge is 0.424 e. The van der Waals surface area contributed by atoms with Crippen molar-refractivity contribution < 1.29 is 18.1 Å². The SMILES string of the molecule is Cc1cc(Cl)c(C(F)(F)F)c([N+](=O)[O-])c1. The summed E-state index contributed by atoms with van der Waals surface area (Å²) in [5.41, 5.74) is -2.12. The number of rotatable bonds is 1. The van der Waals surface area contributed by atoms with Crippen molar-refractivity contribution >= 4 is 17.3 Å². The average Bonchev–Trinajstić information content (AvgIpc) is 1.99. The van der Waals surface area contributed by atoms with Gasteiger partial charge >= 0.3 is 6.18 Å². The molecule has 0 aliphatic carbocycles. The Morgan fingerprint density at radius 2 is 1.93 bits per heavy atom. The van der Waals surface area contributed by atoms with Gasteiger partial charge in [0.25, 0.3) is 5.69 Å². The second-order valence-corrected chi connectivity index (χ2v) is 3.30. The molecule has 7 heteroatoms. The van der Waals surface area contributed by atoms with Crippen LogP contribution in [0.5, 0.6) is 0 Å². The summed E-state index contributed by atoms with van der Waals surface area (Å²) in [6, 6.07) is 1.88. The first kappa shape index (κ1) is 11.8. The fourth-order valence-corrected chi connectivity index (χ4v) is 1.52. The standard InChI is InChI=1S/C8H5ClF3NO2/c1-4-2-5(9)7(8(10,11)12)6(3-4)13(14)15/h2-3H,1H3. The maximum absolute atomic E-state index is 12.4. The van der Waals surface area contributed by atoms with E-state index in [-0.39, 0.29) is 0 Å². The quantitative estimate of drug-likeness (QED) is 0.555. The minimum Gasteiger partial charge on any atom is -0.258 e. The number of nitrogens with zero attached hydrogens (tertiary/aromatic N) is 1. The molecule has 0 amide bonds. The zero-order chi connectivity index (χ0) is 11.8. The van der Waals surface area contributed by atoms with Crippen molar-refractivity contribution in [3.63, 3.8) is 0 Å². The fraction of sp³-hybridized carbons (Fsp3) is 0.250. The highest BCUT2D eigenvalue weighted by atomic mass is 35.5. The van der Waals surface area contributed by atoms with Crippen LogP contribution in [0.4, 0.5) is 18.9 Å². The molecule has 15 heavy (non-hydrogen) atoms. The molecule has 0 fully saturated rings. The van der Waals surface area contributed by atoms with Gasteiger partial charge in [0, 0.05) is 6.07 Å². The molecule has 0 heterocycles. The van der Waals surface area contributed by atoms with E-state index < -0.39 is 27.4 Å². The first-order valence-corrected chi connectivity index (χ1v) is 4.13. The van der Waals surface area contributed by atoms with Crippen LogP contribution in [0.25, 0.3) is 0 Å². The summed E-state index contributed by atoms with van der Waals surface area (Å²) in [6.07, 6.45) is -4.83. The number of aryl methyl sites for hydroxylation is 1. The summed E-state index contributed by atoms with van der Waals surface area (Å²) in [6.45, 7) is 1.43. The zero-order valence-electron chi connectivity index (χ0n) is 7.43. The van der Waals surface area contributed by atoms with E-state index in [1.807, 2.05) is 0 Å². The van der Waals surface area contributed by atoms with Gasteiger partial charge in [0.15, 0.2) is 5.56 Å². The zero-order valence-corrected chi connectivity index (χ0v) is 8.19. The molecule has 0 saturated heterocycles. The lowest BCUT2D eigenvalue weighted by Gasteiger charge is -2.09. The Morgan fingerprint density at radius 1 is 1.40 bits per heavy atom.